The van der Waals surface area contributed by atoms with Gasteiger partial charge in [0.05, 0.1) is 28.3 Å². The minimum atomic E-state index is -0.459. The van der Waals surface area contributed by atoms with E-state index in [9.17, 15) is 14.9 Å². The predicted molar refractivity (Wildman–Crippen MR) is 111 cm³/mol. The van der Waals surface area contributed by atoms with Gasteiger partial charge in [0.2, 0.25) is 0 Å². The molecule has 0 aliphatic heterocycles. The summed E-state index contributed by atoms with van der Waals surface area (Å²) in [6.07, 6.45) is 0. The quantitative estimate of drug-likeness (QED) is 0.368. The molecule has 8 nitrogen and oxygen atoms in total. The number of ether oxygens (including phenoxy) is 1. The van der Waals surface area contributed by atoms with Gasteiger partial charge in [-0.15, -0.1) is 11.3 Å². The predicted octanol–water partition coefficient (Wildman–Crippen LogP) is 3.79. The number of rotatable bonds is 5. The van der Waals surface area contributed by atoms with E-state index >= 15 is 0 Å². The number of nitro benzene ring substituents is 1. The summed E-state index contributed by atoms with van der Waals surface area (Å²) < 4.78 is 7.38. The van der Waals surface area contributed by atoms with E-state index in [1.165, 1.54) is 28.2 Å². The zero-order valence-electron chi connectivity index (χ0n) is 15.7. The lowest BCUT2D eigenvalue weighted by Crippen LogP contribution is -2.24. The number of non-ortho nitro benzene ring substituents is 1. The second-order valence-electron chi connectivity index (χ2n) is 6.38. The van der Waals surface area contributed by atoms with Crippen LogP contribution in [0.5, 0.6) is 5.75 Å². The van der Waals surface area contributed by atoms with Gasteiger partial charge in [0.1, 0.15) is 11.4 Å². The van der Waals surface area contributed by atoms with E-state index in [0.717, 1.165) is 20.8 Å². The zero-order chi connectivity index (χ0) is 20.5. The Morgan fingerprint density at radius 2 is 1.97 bits per heavy atom. The van der Waals surface area contributed by atoms with E-state index in [2.05, 4.69) is 10.1 Å². The fraction of sp³-hybridized carbons (Fsp3) is 0.150. The molecule has 4 rings (SSSR count). The highest BCUT2D eigenvalue weighted by Gasteiger charge is 2.17. The normalized spacial score (nSPS) is 11.0. The van der Waals surface area contributed by atoms with Crippen molar-refractivity contribution in [1.29, 1.82) is 0 Å². The van der Waals surface area contributed by atoms with Crippen LogP contribution in [0, 0.1) is 17.0 Å². The van der Waals surface area contributed by atoms with Crippen LogP contribution in [0.3, 0.4) is 0 Å². The van der Waals surface area contributed by atoms with Gasteiger partial charge in [-0.25, -0.2) is 9.67 Å². The van der Waals surface area contributed by atoms with Gasteiger partial charge < -0.3 is 4.74 Å². The Balaban J connectivity index is 1.85. The van der Waals surface area contributed by atoms with Gasteiger partial charge >= 0.3 is 0 Å². The van der Waals surface area contributed by atoms with Crippen LogP contribution >= 0.6 is 11.3 Å². The number of methoxy groups -OCH3 is 1. The Labute approximate surface area is 169 Å². The van der Waals surface area contributed by atoms with Gasteiger partial charge in [-0.05, 0) is 24.6 Å². The second-order valence-corrected chi connectivity index (χ2v) is 7.58. The SMILES string of the molecule is COc1cccc(-c2nn(Cc3ccc([N+](=O)[O-])cc3)c(=O)c3nc(C)sc23)c1. The highest BCUT2D eigenvalue weighted by molar-refractivity contribution is 7.19. The maximum absolute atomic E-state index is 12.9. The highest BCUT2D eigenvalue weighted by atomic mass is 32.1. The molecule has 2 aromatic carbocycles. The lowest BCUT2D eigenvalue weighted by molar-refractivity contribution is -0.384. The molecule has 0 aliphatic carbocycles. The number of thiazole rings is 1. The fourth-order valence-corrected chi connectivity index (χ4v) is 3.95. The summed E-state index contributed by atoms with van der Waals surface area (Å²) in [5.41, 5.74) is 2.25. The summed E-state index contributed by atoms with van der Waals surface area (Å²) in [5.74, 6) is 0.687. The van der Waals surface area contributed by atoms with Gasteiger partial charge in [-0.1, -0.05) is 24.3 Å². The average molecular weight is 408 g/mol. The second kappa shape index (κ2) is 7.44. The first-order chi connectivity index (χ1) is 14.0. The van der Waals surface area contributed by atoms with E-state index < -0.39 is 4.92 Å². The van der Waals surface area contributed by atoms with Crippen LogP contribution in [0.15, 0.2) is 53.3 Å². The number of aromatic nitrogens is 3. The van der Waals surface area contributed by atoms with Crippen LogP contribution in [0.25, 0.3) is 21.5 Å². The van der Waals surface area contributed by atoms with Crippen LogP contribution in [0.2, 0.25) is 0 Å². The number of nitro groups is 1. The summed E-state index contributed by atoms with van der Waals surface area (Å²) in [6.45, 7) is 2.03. The van der Waals surface area contributed by atoms with Gasteiger partial charge in [-0.2, -0.15) is 5.10 Å². The van der Waals surface area contributed by atoms with Crippen LogP contribution in [-0.4, -0.2) is 26.8 Å². The summed E-state index contributed by atoms with van der Waals surface area (Å²) >= 11 is 1.42. The maximum Gasteiger partial charge on any atom is 0.294 e. The van der Waals surface area contributed by atoms with E-state index in [0.29, 0.717) is 17.0 Å². The van der Waals surface area contributed by atoms with Gasteiger partial charge in [0, 0.05) is 17.7 Å². The molecule has 0 aliphatic rings. The average Bonchev–Trinajstić information content (AvgIpc) is 3.12. The molecule has 2 heterocycles. The van der Waals surface area contributed by atoms with E-state index in [1.54, 1.807) is 19.2 Å². The van der Waals surface area contributed by atoms with Crippen LogP contribution in [0.1, 0.15) is 10.6 Å². The molecule has 0 saturated carbocycles. The number of benzene rings is 2. The molecule has 0 unspecified atom stereocenters. The fourth-order valence-electron chi connectivity index (χ4n) is 3.03. The van der Waals surface area contributed by atoms with E-state index in [1.807, 2.05) is 31.2 Å². The van der Waals surface area contributed by atoms with Crippen molar-refractivity contribution in [2.45, 2.75) is 13.5 Å². The first-order valence-electron chi connectivity index (χ1n) is 8.72. The Kier molecular flexibility index (Phi) is 4.81. The Morgan fingerprint density at radius 3 is 2.66 bits per heavy atom. The Hall–Kier alpha value is -3.59. The minimum Gasteiger partial charge on any atom is -0.497 e. The van der Waals surface area contributed by atoms with Gasteiger partial charge in [-0.3, -0.25) is 14.9 Å². The third kappa shape index (κ3) is 3.59. The lowest BCUT2D eigenvalue weighted by Gasteiger charge is -2.09. The monoisotopic (exact) mass is 408 g/mol. The van der Waals surface area contributed by atoms with E-state index in [-0.39, 0.29) is 17.8 Å². The summed E-state index contributed by atoms with van der Waals surface area (Å²) in [5, 5.41) is 16.2. The third-order valence-electron chi connectivity index (χ3n) is 4.43. The first kappa shape index (κ1) is 18.8. The van der Waals surface area contributed by atoms with Gasteiger partial charge in [0.15, 0.2) is 5.52 Å². The molecular weight excluding hydrogens is 392 g/mol. The number of hydrogen-bond donors (Lipinski definition) is 0. The molecular formula is C20H16N4O4S. The molecule has 0 fully saturated rings. The molecule has 146 valence electrons. The minimum absolute atomic E-state index is 0.00305. The molecule has 9 heteroatoms. The van der Waals surface area contributed by atoms with Crippen molar-refractivity contribution in [3.05, 3.63) is 79.6 Å². The molecule has 4 aromatic rings. The van der Waals surface area contributed by atoms with Crippen molar-refractivity contribution >= 4 is 27.2 Å². The van der Waals surface area contributed by atoms with Crippen molar-refractivity contribution in [3.63, 3.8) is 0 Å². The van der Waals surface area contributed by atoms with Crippen molar-refractivity contribution in [3.8, 4) is 17.0 Å². The molecule has 0 atom stereocenters. The van der Waals surface area contributed by atoms with Crippen LogP contribution in [0.4, 0.5) is 5.69 Å². The molecule has 2 aromatic heterocycles. The maximum atomic E-state index is 12.9. The molecule has 0 spiro atoms. The topological polar surface area (TPSA) is 100 Å². The molecule has 0 radical (unpaired) electrons. The van der Waals surface area contributed by atoms with E-state index in [4.69, 9.17) is 4.74 Å². The number of aryl methyl sites for hydroxylation is 1. The van der Waals surface area contributed by atoms with Gasteiger partial charge in [0.25, 0.3) is 11.2 Å². The Bertz CT molecular complexity index is 1280. The van der Waals surface area contributed by atoms with Crippen molar-refractivity contribution in [2.24, 2.45) is 0 Å². The summed E-state index contributed by atoms with van der Waals surface area (Å²) in [6, 6.07) is 13.5. The lowest BCUT2D eigenvalue weighted by atomic mass is 10.1. The third-order valence-corrected chi connectivity index (χ3v) is 5.41. The van der Waals surface area contributed by atoms with Crippen molar-refractivity contribution in [1.82, 2.24) is 14.8 Å². The molecule has 0 amide bonds. The zero-order valence-corrected chi connectivity index (χ0v) is 16.5. The molecule has 0 bridgehead atoms. The summed E-state index contributed by atoms with van der Waals surface area (Å²) in [4.78, 5) is 27.7. The van der Waals surface area contributed by atoms with Crippen LogP contribution in [-0.2, 0) is 6.54 Å². The number of nitrogens with zero attached hydrogens (tertiary/aromatic N) is 4. The molecule has 29 heavy (non-hydrogen) atoms. The van der Waals surface area contributed by atoms with Crippen LogP contribution < -0.4 is 10.3 Å². The standard InChI is InChI=1S/C20H16N4O4S/c1-12-21-18-19(29-12)17(14-4-3-5-16(10-14)28-2)22-23(20(18)25)11-13-6-8-15(9-7-13)24(26)27/h3-10H,11H2,1-2H3. The first-order valence-corrected chi connectivity index (χ1v) is 9.54. The van der Waals surface area contributed by atoms with Crippen molar-refractivity contribution in [2.75, 3.05) is 7.11 Å². The smallest absolute Gasteiger partial charge is 0.294 e. The molecule has 0 N–H and O–H groups in total. The highest BCUT2D eigenvalue weighted by Crippen LogP contribution is 2.31. The Morgan fingerprint density at radius 1 is 1.21 bits per heavy atom. The molecule has 0 saturated heterocycles. The summed E-state index contributed by atoms with van der Waals surface area (Å²) in [7, 11) is 1.59. The van der Waals surface area contributed by atoms with Crippen molar-refractivity contribution < 1.29 is 9.66 Å². The number of fused-ring (bicyclic) bond motifs is 1. The largest absolute Gasteiger partial charge is 0.497 e. The number of hydrogen-bond acceptors (Lipinski definition) is 7.